The molecule has 1 atom stereocenters. The van der Waals surface area contributed by atoms with Crippen molar-refractivity contribution in [2.45, 2.75) is 12.6 Å². The standard InChI is InChI=1S/C14H15BrFNO2/c1-17-14(9-5-10(15)7-11(16)6-9)13-4-3-12(19-13)8-18-2/h3-7,14,17H,8H2,1-2H3. The molecule has 0 radical (unpaired) electrons. The molecule has 0 bridgehead atoms. The fraction of sp³-hybridized carbons (Fsp3) is 0.286. The predicted molar refractivity (Wildman–Crippen MR) is 74.4 cm³/mol. The van der Waals surface area contributed by atoms with Crippen LogP contribution in [0.2, 0.25) is 0 Å². The molecule has 1 aromatic heterocycles. The van der Waals surface area contributed by atoms with Crippen LogP contribution in [-0.2, 0) is 11.3 Å². The maximum atomic E-state index is 13.5. The summed E-state index contributed by atoms with van der Waals surface area (Å²) in [5.74, 6) is 1.19. The third-order valence-electron chi connectivity index (χ3n) is 2.76. The Bertz CT molecular complexity index is 536. The highest BCUT2D eigenvalue weighted by Crippen LogP contribution is 2.27. The van der Waals surface area contributed by atoms with E-state index in [0.29, 0.717) is 11.1 Å². The van der Waals surface area contributed by atoms with E-state index in [9.17, 15) is 4.39 Å². The molecule has 1 heterocycles. The van der Waals surface area contributed by atoms with Crippen LogP contribution in [0.25, 0.3) is 0 Å². The zero-order valence-corrected chi connectivity index (χ0v) is 12.3. The van der Waals surface area contributed by atoms with E-state index in [2.05, 4.69) is 21.2 Å². The van der Waals surface area contributed by atoms with Gasteiger partial charge in [-0.2, -0.15) is 0 Å². The first kappa shape index (κ1) is 14.2. The van der Waals surface area contributed by atoms with Gasteiger partial charge in [0.1, 0.15) is 23.9 Å². The van der Waals surface area contributed by atoms with Gasteiger partial charge in [-0.25, -0.2) is 4.39 Å². The van der Waals surface area contributed by atoms with Crippen molar-refractivity contribution in [2.24, 2.45) is 0 Å². The maximum absolute atomic E-state index is 13.5. The summed E-state index contributed by atoms with van der Waals surface area (Å²) in [7, 11) is 3.42. The summed E-state index contributed by atoms with van der Waals surface area (Å²) in [5.41, 5.74) is 0.799. The molecule has 5 heteroatoms. The minimum atomic E-state index is -0.284. The van der Waals surface area contributed by atoms with E-state index in [1.165, 1.54) is 12.1 Å². The molecule has 19 heavy (non-hydrogen) atoms. The summed E-state index contributed by atoms with van der Waals surface area (Å²) in [6.07, 6.45) is 0. The van der Waals surface area contributed by atoms with Crippen LogP contribution in [0.3, 0.4) is 0 Å². The smallest absolute Gasteiger partial charge is 0.129 e. The second-order valence-corrected chi connectivity index (χ2v) is 5.08. The molecule has 0 aliphatic heterocycles. The van der Waals surface area contributed by atoms with Crippen LogP contribution in [0.4, 0.5) is 4.39 Å². The number of nitrogens with one attached hydrogen (secondary N) is 1. The molecule has 2 aromatic rings. The number of benzene rings is 1. The van der Waals surface area contributed by atoms with Gasteiger partial charge in [-0.1, -0.05) is 15.9 Å². The number of furan rings is 1. The van der Waals surface area contributed by atoms with Crippen LogP contribution < -0.4 is 5.32 Å². The van der Waals surface area contributed by atoms with E-state index in [-0.39, 0.29) is 11.9 Å². The maximum Gasteiger partial charge on any atom is 0.129 e. The van der Waals surface area contributed by atoms with Gasteiger partial charge >= 0.3 is 0 Å². The molecule has 0 saturated carbocycles. The zero-order chi connectivity index (χ0) is 13.8. The topological polar surface area (TPSA) is 34.4 Å². The summed E-state index contributed by atoms with van der Waals surface area (Å²) >= 11 is 3.29. The molecule has 1 aromatic carbocycles. The Morgan fingerprint density at radius 1 is 1.37 bits per heavy atom. The summed E-state index contributed by atoms with van der Waals surface area (Å²) in [6, 6.07) is 8.31. The van der Waals surface area contributed by atoms with E-state index < -0.39 is 0 Å². The highest BCUT2D eigenvalue weighted by atomic mass is 79.9. The molecule has 1 unspecified atom stereocenters. The Morgan fingerprint density at radius 3 is 2.79 bits per heavy atom. The average molecular weight is 328 g/mol. The minimum Gasteiger partial charge on any atom is -0.462 e. The Labute approximate surface area is 119 Å². The van der Waals surface area contributed by atoms with Crippen LogP contribution in [0.1, 0.15) is 23.1 Å². The minimum absolute atomic E-state index is 0.197. The Kier molecular flexibility index (Phi) is 4.74. The molecular weight excluding hydrogens is 313 g/mol. The highest BCUT2D eigenvalue weighted by Gasteiger charge is 2.17. The lowest BCUT2D eigenvalue weighted by Crippen LogP contribution is -2.17. The van der Waals surface area contributed by atoms with Crippen LogP contribution in [-0.4, -0.2) is 14.2 Å². The van der Waals surface area contributed by atoms with Crippen molar-refractivity contribution < 1.29 is 13.5 Å². The lowest BCUT2D eigenvalue weighted by molar-refractivity contribution is 0.162. The van der Waals surface area contributed by atoms with Crippen molar-refractivity contribution in [2.75, 3.05) is 14.2 Å². The molecule has 3 nitrogen and oxygen atoms in total. The number of rotatable bonds is 5. The number of hydrogen-bond donors (Lipinski definition) is 1. The lowest BCUT2D eigenvalue weighted by Gasteiger charge is -2.14. The van der Waals surface area contributed by atoms with Gasteiger partial charge in [0, 0.05) is 11.6 Å². The predicted octanol–water partition coefficient (Wildman–Crippen LogP) is 3.64. The van der Waals surface area contributed by atoms with Crippen LogP contribution in [0, 0.1) is 5.82 Å². The van der Waals surface area contributed by atoms with E-state index in [1.54, 1.807) is 7.11 Å². The summed E-state index contributed by atoms with van der Waals surface area (Å²) < 4.78 is 24.9. The van der Waals surface area contributed by atoms with Crippen molar-refractivity contribution in [1.29, 1.82) is 0 Å². The number of hydrogen-bond acceptors (Lipinski definition) is 3. The first-order valence-electron chi connectivity index (χ1n) is 5.85. The lowest BCUT2D eigenvalue weighted by atomic mass is 10.0. The quantitative estimate of drug-likeness (QED) is 0.910. The summed E-state index contributed by atoms with van der Waals surface area (Å²) in [4.78, 5) is 0. The first-order chi connectivity index (χ1) is 9.13. The molecule has 0 fully saturated rings. The van der Waals surface area contributed by atoms with Crippen molar-refractivity contribution in [3.05, 3.63) is 57.7 Å². The second-order valence-electron chi connectivity index (χ2n) is 4.16. The largest absolute Gasteiger partial charge is 0.462 e. The first-order valence-corrected chi connectivity index (χ1v) is 6.64. The fourth-order valence-electron chi connectivity index (χ4n) is 1.98. The van der Waals surface area contributed by atoms with Gasteiger partial charge in [0.15, 0.2) is 0 Å². The van der Waals surface area contributed by atoms with Crippen LogP contribution in [0.5, 0.6) is 0 Å². The van der Waals surface area contributed by atoms with Crippen LogP contribution in [0.15, 0.2) is 39.2 Å². The Balaban J connectivity index is 2.32. The van der Waals surface area contributed by atoms with Gasteiger partial charge in [0.05, 0.1) is 6.04 Å². The van der Waals surface area contributed by atoms with Crippen molar-refractivity contribution >= 4 is 15.9 Å². The number of methoxy groups -OCH3 is 1. The molecule has 102 valence electrons. The third kappa shape index (κ3) is 3.43. The van der Waals surface area contributed by atoms with Gasteiger partial charge in [-0.15, -0.1) is 0 Å². The Hall–Kier alpha value is -1.17. The zero-order valence-electron chi connectivity index (χ0n) is 10.7. The molecule has 0 spiro atoms. The highest BCUT2D eigenvalue weighted by molar-refractivity contribution is 9.10. The van der Waals surface area contributed by atoms with Gasteiger partial charge in [-0.05, 0) is 42.9 Å². The van der Waals surface area contributed by atoms with E-state index >= 15 is 0 Å². The molecule has 0 aliphatic carbocycles. The Morgan fingerprint density at radius 2 is 2.16 bits per heavy atom. The molecule has 0 saturated heterocycles. The summed E-state index contributed by atoms with van der Waals surface area (Å²) in [6.45, 7) is 0.420. The number of halogens is 2. The average Bonchev–Trinajstić information content (AvgIpc) is 2.78. The van der Waals surface area contributed by atoms with Gasteiger partial charge < -0.3 is 14.5 Å². The molecule has 0 aliphatic rings. The van der Waals surface area contributed by atoms with Crippen LogP contribution >= 0.6 is 15.9 Å². The summed E-state index contributed by atoms with van der Waals surface area (Å²) in [5, 5.41) is 3.12. The van der Waals surface area contributed by atoms with E-state index in [0.717, 1.165) is 17.1 Å². The molecule has 2 rings (SSSR count). The third-order valence-corrected chi connectivity index (χ3v) is 3.22. The molecule has 0 amide bonds. The normalized spacial score (nSPS) is 12.6. The van der Waals surface area contributed by atoms with Crippen molar-refractivity contribution in [3.63, 3.8) is 0 Å². The van der Waals surface area contributed by atoms with Gasteiger partial charge in [0.2, 0.25) is 0 Å². The SMILES string of the molecule is CNC(c1cc(F)cc(Br)c1)c1ccc(COC)o1. The molecular formula is C14H15BrFNO2. The van der Waals surface area contributed by atoms with Gasteiger partial charge in [0.25, 0.3) is 0 Å². The monoisotopic (exact) mass is 327 g/mol. The fourth-order valence-corrected chi connectivity index (χ4v) is 2.47. The van der Waals surface area contributed by atoms with Crippen molar-refractivity contribution in [3.8, 4) is 0 Å². The van der Waals surface area contributed by atoms with E-state index in [1.807, 2.05) is 25.2 Å². The second kappa shape index (κ2) is 6.32. The molecule has 1 N–H and O–H groups in total. The van der Waals surface area contributed by atoms with E-state index in [4.69, 9.17) is 9.15 Å². The number of ether oxygens (including phenoxy) is 1. The van der Waals surface area contributed by atoms with Crippen molar-refractivity contribution in [1.82, 2.24) is 5.32 Å². The van der Waals surface area contributed by atoms with Gasteiger partial charge in [-0.3, -0.25) is 0 Å².